The number of nitrogens with one attached hydrogen (secondary N) is 1. The topological polar surface area (TPSA) is 46.9 Å². The maximum absolute atomic E-state index is 13.2. The van der Waals surface area contributed by atoms with Crippen molar-refractivity contribution in [2.75, 3.05) is 0 Å². The Morgan fingerprint density at radius 2 is 1.42 bits per heavy atom. The molecular formula is C25H16ClF6N3O. The van der Waals surface area contributed by atoms with Gasteiger partial charge >= 0.3 is 12.4 Å². The van der Waals surface area contributed by atoms with Crippen LogP contribution in [0.3, 0.4) is 0 Å². The summed E-state index contributed by atoms with van der Waals surface area (Å²) >= 11 is 5.85. The molecule has 1 amide bonds. The van der Waals surface area contributed by atoms with E-state index in [2.05, 4.69) is 10.3 Å². The minimum Gasteiger partial charge on any atom is -0.347 e. The molecule has 1 heterocycles. The Morgan fingerprint density at radius 3 is 1.97 bits per heavy atom. The Hall–Kier alpha value is -3.79. The number of halogens is 7. The molecule has 0 unspecified atom stereocenters. The molecule has 4 rings (SSSR count). The van der Waals surface area contributed by atoms with Crippen LogP contribution in [0.4, 0.5) is 26.3 Å². The van der Waals surface area contributed by atoms with E-state index in [1.807, 2.05) is 0 Å². The van der Waals surface area contributed by atoms with Gasteiger partial charge in [0.15, 0.2) is 0 Å². The van der Waals surface area contributed by atoms with Crippen LogP contribution in [0, 0.1) is 0 Å². The van der Waals surface area contributed by atoms with E-state index in [0.717, 1.165) is 5.56 Å². The predicted molar refractivity (Wildman–Crippen MR) is 122 cm³/mol. The Labute approximate surface area is 206 Å². The average Bonchev–Trinajstić information content (AvgIpc) is 3.32. The second kappa shape index (κ2) is 9.69. The second-order valence-corrected chi connectivity index (χ2v) is 8.24. The van der Waals surface area contributed by atoms with E-state index < -0.39 is 29.4 Å². The van der Waals surface area contributed by atoms with Crippen LogP contribution in [0.25, 0.3) is 16.8 Å². The lowest BCUT2D eigenvalue weighted by Crippen LogP contribution is -2.25. The third kappa shape index (κ3) is 5.71. The molecule has 1 N–H and O–H groups in total. The van der Waals surface area contributed by atoms with Crippen LogP contribution in [0.5, 0.6) is 0 Å². The van der Waals surface area contributed by atoms with Crippen molar-refractivity contribution in [3.8, 4) is 16.8 Å². The predicted octanol–water partition coefficient (Wildman–Crippen LogP) is 7.16. The van der Waals surface area contributed by atoms with Gasteiger partial charge in [-0.15, -0.1) is 0 Å². The first kappa shape index (κ1) is 25.3. The molecule has 0 radical (unpaired) electrons. The van der Waals surface area contributed by atoms with Crippen molar-refractivity contribution in [3.63, 3.8) is 0 Å². The first-order chi connectivity index (χ1) is 16.9. The van der Waals surface area contributed by atoms with Crippen molar-refractivity contribution in [2.45, 2.75) is 18.9 Å². The van der Waals surface area contributed by atoms with Crippen LogP contribution < -0.4 is 5.32 Å². The van der Waals surface area contributed by atoms with E-state index in [0.29, 0.717) is 22.8 Å². The van der Waals surface area contributed by atoms with Gasteiger partial charge in [0.1, 0.15) is 5.69 Å². The zero-order valence-electron chi connectivity index (χ0n) is 18.2. The molecule has 11 heteroatoms. The quantitative estimate of drug-likeness (QED) is 0.282. The smallest absolute Gasteiger partial charge is 0.347 e. The van der Waals surface area contributed by atoms with Crippen molar-refractivity contribution in [1.82, 2.24) is 14.9 Å². The summed E-state index contributed by atoms with van der Waals surface area (Å²) in [7, 11) is 0. The molecule has 186 valence electrons. The first-order valence-electron chi connectivity index (χ1n) is 10.4. The summed E-state index contributed by atoms with van der Waals surface area (Å²) in [6, 6.07) is 14.0. The monoisotopic (exact) mass is 523 g/mol. The largest absolute Gasteiger partial charge is 0.416 e. The van der Waals surface area contributed by atoms with Crippen LogP contribution >= 0.6 is 11.6 Å². The van der Waals surface area contributed by atoms with Crippen LogP contribution in [-0.2, 0) is 18.9 Å². The molecule has 0 aliphatic carbocycles. The Morgan fingerprint density at radius 1 is 0.833 bits per heavy atom. The molecule has 0 aliphatic rings. The minimum atomic E-state index is -4.94. The average molecular weight is 524 g/mol. The number of hydrogen-bond donors (Lipinski definition) is 1. The number of imidazole rings is 1. The molecule has 0 spiro atoms. The van der Waals surface area contributed by atoms with Gasteiger partial charge in [0.05, 0.1) is 23.7 Å². The van der Waals surface area contributed by atoms with Gasteiger partial charge in [-0.1, -0.05) is 35.9 Å². The zero-order valence-corrected chi connectivity index (χ0v) is 18.9. The Balaban J connectivity index is 1.58. The summed E-state index contributed by atoms with van der Waals surface area (Å²) in [4.78, 5) is 16.7. The van der Waals surface area contributed by atoms with Gasteiger partial charge in [0, 0.05) is 17.3 Å². The number of nitrogens with zero attached hydrogens (tertiary/aromatic N) is 2. The van der Waals surface area contributed by atoms with E-state index in [9.17, 15) is 31.1 Å². The fraction of sp³-hybridized carbons (Fsp3) is 0.120. The SMILES string of the molecule is O=C(NCc1ccc(Cl)cc1)c1cncn1-c1ccc(-c2cc(C(F)(F)F)cc(C(F)(F)F)c2)cc1. The lowest BCUT2D eigenvalue weighted by molar-refractivity contribution is -0.143. The maximum atomic E-state index is 13.2. The summed E-state index contributed by atoms with van der Waals surface area (Å²) < 4.78 is 80.6. The summed E-state index contributed by atoms with van der Waals surface area (Å²) in [5, 5.41) is 3.31. The van der Waals surface area contributed by atoms with Crippen LogP contribution in [0.15, 0.2) is 79.3 Å². The highest BCUT2D eigenvalue weighted by Gasteiger charge is 2.37. The number of carbonyl (C=O) groups excluding carboxylic acids is 1. The lowest BCUT2D eigenvalue weighted by Gasteiger charge is -2.15. The van der Waals surface area contributed by atoms with Crippen molar-refractivity contribution < 1.29 is 31.1 Å². The molecular weight excluding hydrogens is 508 g/mol. The van der Waals surface area contributed by atoms with Crippen LogP contribution in [-0.4, -0.2) is 15.5 Å². The van der Waals surface area contributed by atoms with Gasteiger partial charge in [-0.2, -0.15) is 26.3 Å². The highest BCUT2D eigenvalue weighted by molar-refractivity contribution is 6.30. The number of amides is 1. The maximum Gasteiger partial charge on any atom is 0.416 e. The fourth-order valence-corrected chi connectivity index (χ4v) is 3.61. The van der Waals surface area contributed by atoms with Crippen molar-refractivity contribution in [3.05, 3.63) is 107 Å². The summed E-state index contributed by atoms with van der Waals surface area (Å²) in [6.45, 7) is 0.233. The van der Waals surface area contributed by atoms with Crippen molar-refractivity contribution in [2.24, 2.45) is 0 Å². The fourth-order valence-electron chi connectivity index (χ4n) is 3.48. The number of carbonyl (C=O) groups is 1. The molecule has 36 heavy (non-hydrogen) atoms. The second-order valence-electron chi connectivity index (χ2n) is 7.80. The number of rotatable bonds is 5. The van der Waals surface area contributed by atoms with Gasteiger partial charge in [-0.05, 0) is 59.2 Å². The minimum absolute atomic E-state index is 0.0816. The molecule has 3 aromatic carbocycles. The van der Waals surface area contributed by atoms with E-state index in [1.54, 1.807) is 24.3 Å². The molecule has 0 fully saturated rings. The third-order valence-corrected chi connectivity index (χ3v) is 5.56. The molecule has 1 aromatic heterocycles. The summed E-state index contributed by atoms with van der Waals surface area (Å²) in [5.74, 6) is -0.431. The molecule has 4 aromatic rings. The normalized spacial score (nSPS) is 12.0. The van der Waals surface area contributed by atoms with Gasteiger partial charge in [0.25, 0.3) is 5.91 Å². The van der Waals surface area contributed by atoms with Crippen LogP contribution in [0.1, 0.15) is 27.2 Å². The van der Waals surface area contributed by atoms with Crippen molar-refractivity contribution in [1.29, 1.82) is 0 Å². The lowest BCUT2D eigenvalue weighted by atomic mass is 9.99. The molecule has 0 saturated heterocycles. The Bertz CT molecular complexity index is 1340. The Kier molecular flexibility index (Phi) is 6.81. The molecule has 0 aliphatic heterocycles. The summed E-state index contributed by atoms with van der Waals surface area (Å²) in [5.41, 5.74) is -1.44. The van der Waals surface area contributed by atoms with Gasteiger partial charge in [-0.3, -0.25) is 9.36 Å². The summed E-state index contributed by atoms with van der Waals surface area (Å²) in [6.07, 6.45) is -7.17. The molecule has 4 nitrogen and oxygen atoms in total. The molecule has 0 bridgehead atoms. The van der Waals surface area contributed by atoms with E-state index >= 15 is 0 Å². The van der Waals surface area contributed by atoms with E-state index in [4.69, 9.17) is 11.6 Å². The van der Waals surface area contributed by atoms with E-state index in [1.165, 1.54) is 41.4 Å². The van der Waals surface area contributed by atoms with Gasteiger partial charge < -0.3 is 5.32 Å². The van der Waals surface area contributed by atoms with Gasteiger partial charge in [0.2, 0.25) is 0 Å². The van der Waals surface area contributed by atoms with Crippen molar-refractivity contribution >= 4 is 17.5 Å². The van der Waals surface area contributed by atoms with E-state index in [-0.39, 0.29) is 29.4 Å². The highest BCUT2D eigenvalue weighted by atomic mass is 35.5. The van der Waals surface area contributed by atoms with Crippen LogP contribution in [0.2, 0.25) is 5.02 Å². The standard InChI is InChI=1S/C25H16ClF6N3O/c26-20-5-1-15(2-6-20)12-34-23(36)22-13-33-14-35(22)21-7-3-16(4-8-21)17-9-18(24(27,28)29)11-19(10-17)25(30,31)32/h1-11,13-14H,12H2,(H,34,36). The number of hydrogen-bond acceptors (Lipinski definition) is 2. The number of aromatic nitrogens is 2. The van der Waals surface area contributed by atoms with Gasteiger partial charge in [-0.25, -0.2) is 4.98 Å². The zero-order chi connectivity index (χ0) is 26.1. The molecule has 0 atom stereocenters. The number of alkyl halides is 6. The first-order valence-corrected chi connectivity index (χ1v) is 10.7. The molecule has 0 saturated carbocycles. The highest BCUT2D eigenvalue weighted by Crippen LogP contribution is 2.38. The third-order valence-electron chi connectivity index (χ3n) is 5.30. The number of benzene rings is 3.